The summed E-state index contributed by atoms with van der Waals surface area (Å²) in [4.78, 5) is 0. The number of benzene rings is 1. The smallest absolute Gasteiger partial charge is 0.197 e. The van der Waals surface area contributed by atoms with Crippen LogP contribution < -0.4 is 0 Å². The van der Waals surface area contributed by atoms with E-state index in [1.54, 1.807) is 0 Å². The molecule has 2 aliphatic rings. The van der Waals surface area contributed by atoms with Gasteiger partial charge in [0, 0.05) is 5.56 Å². The molecule has 3 rings (SSSR count). The molecule has 0 spiro atoms. The lowest BCUT2D eigenvalue weighted by molar-refractivity contribution is -0.378. The average molecular weight is 284 g/mol. The van der Waals surface area contributed by atoms with Crippen molar-refractivity contribution in [1.29, 1.82) is 0 Å². The second kappa shape index (κ2) is 5.05. The van der Waals surface area contributed by atoms with Crippen LogP contribution >= 0.6 is 0 Å². The van der Waals surface area contributed by atoms with Crippen LogP contribution in [0.3, 0.4) is 0 Å². The van der Waals surface area contributed by atoms with Crippen LogP contribution in [0.5, 0.6) is 0 Å². The highest BCUT2D eigenvalue weighted by atomic mass is 19.1. The van der Waals surface area contributed by atoms with Gasteiger partial charge < -0.3 is 24.4 Å². The van der Waals surface area contributed by atoms with E-state index in [4.69, 9.17) is 14.2 Å². The van der Waals surface area contributed by atoms with Gasteiger partial charge in [0.25, 0.3) is 0 Å². The fraction of sp³-hybridized carbons (Fsp3) is 0.571. The van der Waals surface area contributed by atoms with Crippen LogP contribution in [0.1, 0.15) is 18.8 Å². The Labute approximate surface area is 115 Å². The first-order chi connectivity index (χ1) is 9.49. The summed E-state index contributed by atoms with van der Waals surface area (Å²) in [5, 5.41) is 19.7. The number of halogens is 1. The predicted octanol–water partition coefficient (Wildman–Crippen LogP) is 0.907. The number of ether oxygens (including phenoxy) is 3. The van der Waals surface area contributed by atoms with Crippen molar-refractivity contribution < 1.29 is 28.8 Å². The third kappa shape index (κ3) is 2.34. The Morgan fingerprint density at radius 2 is 2.00 bits per heavy atom. The third-order valence-electron chi connectivity index (χ3n) is 3.67. The van der Waals surface area contributed by atoms with Gasteiger partial charge in [0.2, 0.25) is 0 Å². The van der Waals surface area contributed by atoms with Gasteiger partial charge in [0.1, 0.15) is 18.3 Å². The zero-order chi connectivity index (χ0) is 14.3. The number of aliphatic hydroxyl groups excluding tert-OH is 1. The van der Waals surface area contributed by atoms with Gasteiger partial charge in [-0.2, -0.15) is 0 Å². The first kappa shape index (κ1) is 13.9. The van der Waals surface area contributed by atoms with Gasteiger partial charge in [0.15, 0.2) is 18.2 Å². The molecule has 20 heavy (non-hydrogen) atoms. The molecule has 110 valence electrons. The van der Waals surface area contributed by atoms with Crippen LogP contribution in [-0.4, -0.2) is 47.1 Å². The molecular weight excluding hydrogens is 267 g/mol. The quantitative estimate of drug-likeness (QED) is 0.802. The van der Waals surface area contributed by atoms with E-state index in [-0.39, 0.29) is 6.61 Å². The standard InChI is InChI=1S/C14H17FO5/c1-14(17)12(15)10(16)11-9(20-14)7-18-13(19-11)8-5-3-2-4-6-8/h2-6,9-13,16-17H,7H2,1H3/t9-,10+,11-,12-,13?,14?/m1/s1. The highest BCUT2D eigenvalue weighted by Crippen LogP contribution is 2.37. The molecule has 1 aromatic carbocycles. The summed E-state index contributed by atoms with van der Waals surface area (Å²) in [5.41, 5.74) is 0.783. The van der Waals surface area contributed by atoms with Gasteiger partial charge in [-0.15, -0.1) is 0 Å². The Bertz CT molecular complexity index is 464. The molecule has 0 radical (unpaired) electrons. The van der Waals surface area contributed by atoms with Gasteiger partial charge in [-0.05, 0) is 6.92 Å². The van der Waals surface area contributed by atoms with Crippen molar-refractivity contribution in [2.45, 2.75) is 43.5 Å². The van der Waals surface area contributed by atoms with E-state index < -0.39 is 36.6 Å². The summed E-state index contributed by atoms with van der Waals surface area (Å²) in [6.07, 6.45) is -5.64. The SMILES string of the molecule is CC1(O)O[C@@H]2COC(c3ccccc3)O[C@H]2[C@H](O)[C@H]1F. The third-order valence-corrected chi connectivity index (χ3v) is 3.67. The number of rotatable bonds is 1. The Hall–Kier alpha value is -1.05. The maximum atomic E-state index is 13.9. The van der Waals surface area contributed by atoms with E-state index in [9.17, 15) is 14.6 Å². The lowest BCUT2D eigenvalue weighted by Gasteiger charge is -2.48. The molecule has 2 aliphatic heterocycles. The second-order valence-corrected chi connectivity index (χ2v) is 5.28. The molecule has 6 atom stereocenters. The van der Waals surface area contributed by atoms with Crippen LogP contribution in [0.25, 0.3) is 0 Å². The molecule has 1 aromatic rings. The largest absolute Gasteiger partial charge is 0.387 e. The van der Waals surface area contributed by atoms with E-state index in [0.717, 1.165) is 5.56 Å². The normalized spacial score (nSPS) is 44.9. The summed E-state index contributed by atoms with van der Waals surface area (Å²) >= 11 is 0. The van der Waals surface area contributed by atoms with Crippen LogP contribution in [-0.2, 0) is 14.2 Å². The van der Waals surface area contributed by atoms with Crippen LogP contribution in [0.2, 0.25) is 0 Å². The maximum absolute atomic E-state index is 13.9. The van der Waals surface area contributed by atoms with Crippen LogP contribution in [0.4, 0.5) is 4.39 Å². The minimum absolute atomic E-state index is 0.115. The topological polar surface area (TPSA) is 68.2 Å². The van der Waals surface area contributed by atoms with Crippen molar-refractivity contribution in [2.75, 3.05) is 6.61 Å². The molecule has 0 aliphatic carbocycles. The summed E-state index contributed by atoms with van der Waals surface area (Å²) < 4.78 is 30.2. The fourth-order valence-electron chi connectivity index (χ4n) is 2.59. The van der Waals surface area contributed by atoms with Gasteiger partial charge in [-0.3, -0.25) is 0 Å². The van der Waals surface area contributed by atoms with Gasteiger partial charge in [-0.1, -0.05) is 30.3 Å². The van der Waals surface area contributed by atoms with Crippen LogP contribution in [0, 0.1) is 0 Å². The first-order valence-electron chi connectivity index (χ1n) is 6.53. The number of hydrogen-bond acceptors (Lipinski definition) is 5. The molecule has 2 heterocycles. The molecule has 5 nitrogen and oxygen atoms in total. The summed E-state index contributed by atoms with van der Waals surface area (Å²) in [5.74, 6) is -2.03. The fourth-order valence-corrected chi connectivity index (χ4v) is 2.59. The van der Waals surface area contributed by atoms with E-state index in [2.05, 4.69) is 0 Å². The monoisotopic (exact) mass is 284 g/mol. The molecule has 2 N–H and O–H groups in total. The number of alkyl halides is 1. The van der Waals surface area contributed by atoms with Crippen LogP contribution in [0.15, 0.2) is 30.3 Å². The van der Waals surface area contributed by atoms with Gasteiger partial charge in [-0.25, -0.2) is 4.39 Å². The minimum atomic E-state index is -2.03. The van der Waals surface area contributed by atoms with E-state index in [1.165, 1.54) is 6.92 Å². The lowest BCUT2D eigenvalue weighted by atomic mass is 9.94. The zero-order valence-corrected chi connectivity index (χ0v) is 11.0. The van der Waals surface area contributed by atoms with Crippen molar-refractivity contribution in [3.05, 3.63) is 35.9 Å². The Kier molecular flexibility index (Phi) is 3.51. The molecule has 0 aromatic heterocycles. The molecular formula is C14H17FO5. The van der Waals surface area contributed by atoms with Crippen molar-refractivity contribution in [3.8, 4) is 0 Å². The number of hydrogen-bond donors (Lipinski definition) is 2. The van der Waals surface area contributed by atoms with Gasteiger partial charge in [0.05, 0.1) is 6.61 Å². The van der Waals surface area contributed by atoms with Gasteiger partial charge >= 0.3 is 0 Å². The molecule has 2 fully saturated rings. The molecule has 6 heteroatoms. The van der Waals surface area contributed by atoms with Crippen molar-refractivity contribution in [3.63, 3.8) is 0 Å². The molecule has 0 saturated carbocycles. The Morgan fingerprint density at radius 3 is 2.70 bits per heavy atom. The molecule has 2 unspecified atom stereocenters. The van der Waals surface area contributed by atoms with E-state index in [0.29, 0.717) is 0 Å². The van der Waals surface area contributed by atoms with Crippen molar-refractivity contribution in [1.82, 2.24) is 0 Å². The van der Waals surface area contributed by atoms with E-state index >= 15 is 0 Å². The average Bonchev–Trinajstić information content (AvgIpc) is 2.45. The minimum Gasteiger partial charge on any atom is -0.387 e. The first-order valence-corrected chi connectivity index (χ1v) is 6.53. The highest BCUT2D eigenvalue weighted by Gasteiger charge is 2.54. The van der Waals surface area contributed by atoms with Crippen molar-refractivity contribution in [2.24, 2.45) is 0 Å². The Morgan fingerprint density at radius 1 is 1.30 bits per heavy atom. The van der Waals surface area contributed by atoms with E-state index in [1.807, 2.05) is 30.3 Å². The maximum Gasteiger partial charge on any atom is 0.197 e. The zero-order valence-electron chi connectivity index (χ0n) is 11.0. The molecule has 0 amide bonds. The number of aliphatic hydroxyl groups is 2. The lowest BCUT2D eigenvalue weighted by Crippen LogP contribution is -2.64. The van der Waals surface area contributed by atoms with Crippen molar-refractivity contribution >= 4 is 0 Å². The summed E-state index contributed by atoms with van der Waals surface area (Å²) in [7, 11) is 0. The summed E-state index contributed by atoms with van der Waals surface area (Å²) in [6.45, 7) is 1.30. The highest BCUT2D eigenvalue weighted by molar-refractivity contribution is 5.16. The Balaban J connectivity index is 1.78. The summed E-state index contributed by atoms with van der Waals surface area (Å²) in [6, 6.07) is 9.19. The number of fused-ring (bicyclic) bond motifs is 1. The molecule has 2 saturated heterocycles. The predicted molar refractivity (Wildman–Crippen MR) is 66.4 cm³/mol. The second-order valence-electron chi connectivity index (χ2n) is 5.28. The molecule has 0 bridgehead atoms.